The van der Waals surface area contributed by atoms with E-state index in [2.05, 4.69) is 9.97 Å². The maximum Gasteiger partial charge on any atom is 0.307 e. The van der Waals surface area contributed by atoms with Gasteiger partial charge in [-0.2, -0.15) is 0 Å². The van der Waals surface area contributed by atoms with Gasteiger partial charge in [-0.3, -0.25) is 4.79 Å². The van der Waals surface area contributed by atoms with Crippen molar-refractivity contribution in [1.82, 2.24) is 9.97 Å². The van der Waals surface area contributed by atoms with Crippen LogP contribution in [0.1, 0.15) is 11.3 Å². The molecule has 0 aliphatic heterocycles. The molecule has 1 heterocycles. The Morgan fingerprint density at radius 2 is 2.42 bits per heavy atom. The van der Waals surface area contributed by atoms with Crippen molar-refractivity contribution in [3.8, 4) is 0 Å². The van der Waals surface area contributed by atoms with Crippen LogP contribution in [0.5, 0.6) is 0 Å². The molecule has 0 bridgehead atoms. The molecule has 0 aliphatic carbocycles. The van der Waals surface area contributed by atoms with Crippen LogP contribution in [0.3, 0.4) is 0 Å². The van der Waals surface area contributed by atoms with Gasteiger partial charge >= 0.3 is 5.97 Å². The van der Waals surface area contributed by atoms with Gasteiger partial charge < -0.3 is 5.11 Å². The van der Waals surface area contributed by atoms with Gasteiger partial charge in [-0.05, 0) is 18.5 Å². The molecule has 1 rings (SSSR count). The fourth-order valence-corrected chi connectivity index (χ4v) is 0.976. The molecule has 0 radical (unpaired) electrons. The quantitative estimate of drug-likeness (QED) is 0.702. The molecule has 64 valence electrons. The zero-order chi connectivity index (χ0) is 9.14. The van der Waals surface area contributed by atoms with E-state index in [-0.39, 0.29) is 11.7 Å². The largest absolute Gasteiger partial charge is 0.481 e. The van der Waals surface area contributed by atoms with Gasteiger partial charge in [0.05, 0.1) is 6.42 Å². The summed E-state index contributed by atoms with van der Waals surface area (Å²) in [5.74, 6) is -0.899. The lowest BCUT2D eigenvalue weighted by atomic mass is 10.2. The topological polar surface area (TPSA) is 63.1 Å². The van der Waals surface area contributed by atoms with Crippen molar-refractivity contribution in [3.63, 3.8) is 0 Å². The second-order valence-electron chi connectivity index (χ2n) is 2.32. The lowest BCUT2D eigenvalue weighted by Gasteiger charge is -2.00. The molecule has 0 aromatic carbocycles. The fourth-order valence-electron chi connectivity index (χ4n) is 0.800. The molecular weight excluding hydrogens is 180 g/mol. The molecule has 0 aliphatic rings. The first-order valence-electron chi connectivity index (χ1n) is 3.29. The third-order valence-electron chi connectivity index (χ3n) is 1.39. The Hall–Kier alpha value is -1.16. The normalized spacial score (nSPS) is 9.83. The molecule has 5 heteroatoms. The Balaban J connectivity index is 2.93. The van der Waals surface area contributed by atoms with Crippen LogP contribution in [0.15, 0.2) is 6.20 Å². The third kappa shape index (κ3) is 2.17. The predicted octanol–water partition coefficient (Wildman–Crippen LogP) is 1.07. The Bertz CT molecular complexity index is 314. The summed E-state index contributed by atoms with van der Waals surface area (Å²) in [4.78, 5) is 17.8. The molecule has 0 saturated carbocycles. The van der Waals surface area contributed by atoms with Gasteiger partial charge in [0.1, 0.15) is 0 Å². The molecule has 0 unspecified atom stereocenters. The van der Waals surface area contributed by atoms with E-state index in [1.54, 1.807) is 6.92 Å². The number of carboxylic acids is 1. The lowest BCUT2D eigenvalue weighted by molar-refractivity contribution is -0.136. The minimum Gasteiger partial charge on any atom is -0.481 e. The van der Waals surface area contributed by atoms with Gasteiger partial charge in [-0.25, -0.2) is 9.97 Å². The number of rotatable bonds is 2. The van der Waals surface area contributed by atoms with E-state index < -0.39 is 5.97 Å². The van der Waals surface area contributed by atoms with E-state index in [0.717, 1.165) is 0 Å². The Kier molecular flexibility index (Phi) is 2.60. The molecule has 1 aromatic heterocycles. The van der Waals surface area contributed by atoms with Crippen molar-refractivity contribution in [3.05, 3.63) is 22.7 Å². The lowest BCUT2D eigenvalue weighted by Crippen LogP contribution is -2.04. The van der Waals surface area contributed by atoms with Crippen molar-refractivity contribution < 1.29 is 9.90 Å². The summed E-state index contributed by atoms with van der Waals surface area (Å²) < 4.78 is 0. The van der Waals surface area contributed by atoms with Crippen molar-refractivity contribution in [1.29, 1.82) is 0 Å². The Morgan fingerprint density at radius 1 is 1.75 bits per heavy atom. The van der Waals surface area contributed by atoms with Gasteiger partial charge in [0.2, 0.25) is 5.28 Å². The zero-order valence-electron chi connectivity index (χ0n) is 6.41. The van der Waals surface area contributed by atoms with E-state index in [1.165, 1.54) is 6.20 Å². The Labute approximate surface area is 74.2 Å². The van der Waals surface area contributed by atoms with Gasteiger partial charge in [-0.15, -0.1) is 0 Å². The fraction of sp³-hybridized carbons (Fsp3) is 0.286. The van der Waals surface area contributed by atoms with Gasteiger partial charge in [0.25, 0.3) is 0 Å². The number of carbonyl (C=O) groups is 1. The second-order valence-corrected chi connectivity index (χ2v) is 2.66. The van der Waals surface area contributed by atoms with Crippen LogP contribution in [0, 0.1) is 6.92 Å². The number of halogens is 1. The van der Waals surface area contributed by atoms with Crippen LogP contribution in [0.25, 0.3) is 0 Å². The third-order valence-corrected chi connectivity index (χ3v) is 1.58. The number of hydrogen-bond acceptors (Lipinski definition) is 3. The number of aryl methyl sites for hydroxylation is 1. The minimum atomic E-state index is -0.899. The monoisotopic (exact) mass is 186 g/mol. The van der Waals surface area contributed by atoms with E-state index in [1.807, 2.05) is 0 Å². The van der Waals surface area contributed by atoms with Gasteiger partial charge in [-0.1, -0.05) is 0 Å². The number of nitrogens with zero attached hydrogens (tertiary/aromatic N) is 2. The van der Waals surface area contributed by atoms with E-state index in [4.69, 9.17) is 16.7 Å². The highest BCUT2D eigenvalue weighted by atomic mass is 35.5. The summed E-state index contributed by atoms with van der Waals surface area (Å²) in [6, 6.07) is 0. The van der Waals surface area contributed by atoms with E-state index in [0.29, 0.717) is 11.3 Å². The van der Waals surface area contributed by atoms with Crippen molar-refractivity contribution in [2.24, 2.45) is 0 Å². The highest BCUT2D eigenvalue weighted by Gasteiger charge is 2.05. The summed E-state index contributed by atoms with van der Waals surface area (Å²) in [7, 11) is 0. The maximum atomic E-state index is 10.3. The summed E-state index contributed by atoms with van der Waals surface area (Å²) in [6.45, 7) is 1.70. The van der Waals surface area contributed by atoms with Crippen LogP contribution in [0.4, 0.5) is 0 Å². The van der Waals surface area contributed by atoms with Crippen LogP contribution >= 0.6 is 11.6 Å². The van der Waals surface area contributed by atoms with Crippen molar-refractivity contribution in [2.75, 3.05) is 0 Å². The molecule has 1 aromatic rings. The second kappa shape index (κ2) is 3.49. The molecule has 0 spiro atoms. The molecule has 0 amide bonds. The van der Waals surface area contributed by atoms with E-state index in [9.17, 15) is 4.79 Å². The number of aromatic nitrogens is 2. The number of aliphatic carboxylic acids is 1. The highest BCUT2D eigenvalue weighted by Crippen LogP contribution is 2.07. The van der Waals surface area contributed by atoms with Crippen LogP contribution in [-0.4, -0.2) is 21.0 Å². The average molecular weight is 187 g/mol. The maximum absolute atomic E-state index is 10.3. The minimum absolute atomic E-state index is 0.0665. The van der Waals surface area contributed by atoms with Crippen LogP contribution in [-0.2, 0) is 11.2 Å². The van der Waals surface area contributed by atoms with Crippen LogP contribution in [0.2, 0.25) is 5.28 Å². The molecule has 0 saturated heterocycles. The average Bonchev–Trinajstić information content (AvgIpc) is 1.94. The molecule has 1 N–H and O–H groups in total. The molecule has 0 fully saturated rings. The zero-order valence-corrected chi connectivity index (χ0v) is 7.17. The van der Waals surface area contributed by atoms with Crippen molar-refractivity contribution >= 4 is 17.6 Å². The smallest absolute Gasteiger partial charge is 0.307 e. The standard InChI is InChI=1S/C7H7ClN2O2/c1-4-5(2-6(11)12)3-9-7(8)10-4/h3H,2H2,1H3,(H,11,12). The SMILES string of the molecule is Cc1nc(Cl)ncc1CC(=O)O. The highest BCUT2D eigenvalue weighted by molar-refractivity contribution is 6.28. The van der Waals surface area contributed by atoms with Gasteiger partial charge in [0, 0.05) is 17.5 Å². The summed E-state index contributed by atoms with van der Waals surface area (Å²) >= 11 is 5.48. The molecule has 4 nitrogen and oxygen atoms in total. The number of carboxylic acid groups (broad SMARTS) is 1. The first kappa shape index (κ1) is 8.93. The van der Waals surface area contributed by atoms with Crippen molar-refractivity contribution in [2.45, 2.75) is 13.3 Å². The van der Waals surface area contributed by atoms with E-state index >= 15 is 0 Å². The molecular formula is C7H7ClN2O2. The predicted molar refractivity (Wildman–Crippen MR) is 43.1 cm³/mol. The summed E-state index contributed by atoms with van der Waals surface area (Å²) in [5, 5.41) is 8.61. The Morgan fingerprint density at radius 3 is 2.92 bits per heavy atom. The summed E-state index contributed by atoms with van der Waals surface area (Å²) in [6.07, 6.45) is 1.36. The molecule has 12 heavy (non-hydrogen) atoms. The van der Waals surface area contributed by atoms with Crippen LogP contribution < -0.4 is 0 Å². The summed E-state index contributed by atoms with van der Waals surface area (Å²) in [5.41, 5.74) is 1.20. The first-order chi connectivity index (χ1) is 5.59. The van der Waals surface area contributed by atoms with Gasteiger partial charge in [0.15, 0.2) is 0 Å². The first-order valence-corrected chi connectivity index (χ1v) is 3.67. The number of hydrogen-bond donors (Lipinski definition) is 1. The molecule has 0 atom stereocenters.